The molecule has 0 aromatic carbocycles. The topological polar surface area (TPSA) is 46.5 Å². The minimum Gasteiger partial charge on any atom is -0.463 e. The molecule has 0 fully saturated rings. The highest BCUT2D eigenvalue weighted by Gasteiger charge is 2.34. The largest absolute Gasteiger partial charge is 0.463 e. The van der Waals surface area contributed by atoms with Crippen LogP contribution in [0.2, 0.25) is 0 Å². The zero-order chi connectivity index (χ0) is 11.7. The predicted octanol–water partition coefficient (Wildman–Crippen LogP) is 2.57. The van der Waals surface area contributed by atoms with Crippen LogP contribution in [0.3, 0.4) is 0 Å². The number of hydrogen-bond acceptors (Lipinski definition) is 4. The van der Waals surface area contributed by atoms with E-state index in [-0.39, 0.29) is 0 Å². The van der Waals surface area contributed by atoms with Gasteiger partial charge in [-0.15, -0.1) is 11.8 Å². The molecule has 0 aliphatic carbocycles. The summed E-state index contributed by atoms with van der Waals surface area (Å²) in [7, 11) is 0. The first-order chi connectivity index (χ1) is 7.10. The van der Waals surface area contributed by atoms with E-state index in [2.05, 4.69) is 6.92 Å². The van der Waals surface area contributed by atoms with E-state index in [1.54, 1.807) is 13.2 Å². The number of carbonyl (C=O) groups excluding carboxylic acids is 1. The molecule has 0 rings (SSSR count). The lowest BCUT2D eigenvalue weighted by atomic mass is 10.2. The van der Waals surface area contributed by atoms with Crippen LogP contribution in [-0.2, 0) is 9.53 Å². The number of unbranched alkanes of at least 4 members (excludes halogenated alkanes) is 3. The van der Waals surface area contributed by atoms with Gasteiger partial charge in [-0.1, -0.05) is 33.1 Å². The Morgan fingerprint density at radius 3 is 2.47 bits per heavy atom. The van der Waals surface area contributed by atoms with Crippen molar-refractivity contribution >= 4 is 17.7 Å². The number of thioether (sulfide) groups is 1. The Morgan fingerprint density at radius 2 is 2.00 bits per heavy atom. The Bertz CT molecular complexity index is 179. The molecule has 1 N–H and O–H groups in total. The van der Waals surface area contributed by atoms with E-state index in [1.807, 2.05) is 0 Å². The average molecular weight is 234 g/mol. The second-order valence-corrected chi connectivity index (χ2v) is 4.62. The fraction of sp³-hybridized carbons (Fsp3) is 0.909. The molecular formula is C11H22O3S. The van der Waals surface area contributed by atoms with Crippen molar-refractivity contribution in [2.45, 2.75) is 50.9 Å². The number of aliphatic hydroxyl groups is 1. The van der Waals surface area contributed by atoms with Crippen LogP contribution in [0.25, 0.3) is 0 Å². The van der Waals surface area contributed by atoms with E-state index >= 15 is 0 Å². The molecule has 0 saturated carbocycles. The summed E-state index contributed by atoms with van der Waals surface area (Å²) < 4.78 is 5.03. The lowest BCUT2D eigenvalue weighted by Crippen LogP contribution is -2.35. The van der Waals surface area contributed by atoms with Crippen LogP contribution in [-0.4, -0.2) is 28.9 Å². The molecule has 0 spiro atoms. The highest BCUT2D eigenvalue weighted by atomic mass is 32.2. The van der Waals surface area contributed by atoms with Crippen LogP contribution in [0, 0.1) is 0 Å². The number of esters is 1. The van der Waals surface area contributed by atoms with Gasteiger partial charge in [0.25, 0.3) is 0 Å². The van der Waals surface area contributed by atoms with Gasteiger partial charge in [0, 0.05) is 0 Å². The van der Waals surface area contributed by atoms with E-state index in [1.165, 1.54) is 0 Å². The standard InChI is InChI=1S/C11H22O3S/c1-4-6-7-8-9-14-10(12)11(13,5-2)15-3/h13H,4-9H2,1-3H3. The molecular weight excluding hydrogens is 212 g/mol. The quantitative estimate of drug-likeness (QED) is 0.398. The van der Waals surface area contributed by atoms with Gasteiger partial charge in [0.1, 0.15) is 0 Å². The van der Waals surface area contributed by atoms with Gasteiger partial charge in [-0.25, -0.2) is 4.79 Å². The number of carbonyl (C=O) groups is 1. The number of hydrogen-bond donors (Lipinski definition) is 1. The Kier molecular flexibility index (Phi) is 7.88. The van der Waals surface area contributed by atoms with Crippen LogP contribution >= 0.6 is 11.8 Å². The van der Waals surface area contributed by atoms with Gasteiger partial charge in [-0.05, 0) is 19.1 Å². The summed E-state index contributed by atoms with van der Waals surface area (Å²) in [5.74, 6) is -0.506. The summed E-state index contributed by atoms with van der Waals surface area (Å²) in [5, 5.41) is 9.79. The molecule has 0 saturated heterocycles. The Morgan fingerprint density at radius 1 is 1.33 bits per heavy atom. The number of rotatable bonds is 8. The summed E-state index contributed by atoms with van der Waals surface area (Å²) in [5.41, 5.74) is 0. The third-order valence-corrected chi connectivity index (χ3v) is 3.50. The Balaban J connectivity index is 3.73. The van der Waals surface area contributed by atoms with Crippen LogP contribution < -0.4 is 0 Å². The summed E-state index contributed by atoms with van der Waals surface area (Å²) in [6.07, 6.45) is 6.38. The van der Waals surface area contributed by atoms with Crippen LogP contribution in [0.4, 0.5) is 0 Å². The third-order valence-electron chi connectivity index (χ3n) is 2.37. The van der Waals surface area contributed by atoms with Gasteiger partial charge in [0.05, 0.1) is 6.61 Å². The average Bonchev–Trinajstić information content (AvgIpc) is 2.27. The van der Waals surface area contributed by atoms with Crippen LogP contribution in [0.5, 0.6) is 0 Å². The first-order valence-electron chi connectivity index (χ1n) is 5.55. The maximum Gasteiger partial charge on any atom is 0.348 e. The summed E-state index contributed by atoms with van der Waals surface area (Å²) in [6.45, 7) is 4.33. The highest BCUT2D eigenvalue weighted by molar-refractivity contribution is 8.00. The van der Waals surface area contributed by atoms with E-state index in [4.69, 9.17) is 4.74 Å². The van der Waals surface area contributed by atoms with E-state index in [0.717, 1.165) is 37.4 Å². The number of ether oxygens (including phenoxy) is 1. The zero-order valence-corrected chi connectivity index (χ0v) is 10.7. The SMILES string of the molecule is CCCCCCOC(=O)C(O)(CC)SC. The Hall–Kier alpha value is -0.220. The van der Waals surface area contributed by atoms with Crippen molar-refractivity contribution in [3.8, 4) is 0 Å². The predicted molar refractivity (Wildman–Crippen MR) is 63.9 cm³/mol. The molecule has 0 aliphatic rings. The first-order valence-corrected chi connectivity index (χ1v) is 6.78. The van der Waals surface area contributed by atoms with Gasteiger partial charge in [0.2, 0.25) is 4.93 Å². The van der Waals surface area contributed by atoms with Crippen molar-refractivity contribution in [3.05, 3.63) is 0 Å². The third kappa shape index (κ3) is 5.42. The smallest absolute Gasteiger partial charge is 0.348 e. The fourth-order valence-electron chi connectivity index (χ4n) is 1.18. The van der Waals surface area contributed by atoms with Gasteiger partial charge in [-0.3, -0.25) is 0 Å². The summed E-state index contributed by atoms with van der Waals surface area (Å²) in [6, 6.07) is 0. The monoisotopic (exact) mass is 234 g/mol. The van der Waals surface area contributed by atoms with Crippen molar-refractivity contribution in [2.75, 3.05) is 12.9 Å². The van der Waals surface area contributed by atoms with Crippen molar-refractivity contribution in [3.63, 3.8) is 0 Å². The van der Waals surface area contributed by atoms with E-state index < -0.39 is 10.9 Å². The maximum atomic E-state index is 11.5. The molecule has 0 aromatic heterocycles. The molecule has 1 unspecified atom stereocenters. The molecule has 0 aliphatic heterocycles. The van der Waals surface area contributed by atoms with E-state index in [9.17, 15) is 9.90 Å². The summed E-state index contributed by atoms with van der Waals surface area (Å²) >= 11 is 1.13. The maximum absolute atomic E-state index is 11.5. The van der Waals surface area contributed by atoms with Gasteiger partial charge in [0.15, 0.2) is 0 Å². The molecule has 90 valence electrons. The summed E-state index contributed by atoms with van der Waals surface area (Å²) in [4.78, 5) is 10.1. The minimum atomic E-state index is -1.36. The van der Waals surface area contributed by atoms with Crippen LogP contribution in [0.1, 0.15) is 46.0 Å². The molecule has 0 amide bonds. The van der Waals surface area contributed by atoms with Gasteiger partial charge in [-0.2, -0.15) is 0 Å². The first kappa shape index (κ1) is 14.8. The van der Waals surface area contributed by atoms with Crippen molar-refractivity contribution < 1.29 is 14.6 Å². The van der Waals surface area contributed by atoms with E-state index in [0.29, 0.717) is 13.0 Å². The van der Waals surface area contributed by atoms with Gasteiger partial charge < -0.3 is 9.84 Å². The van der Waals surface area contributed by atoms with Crippen molar-refractivity contribution in [2.24, 2.45) is 0 Å². The fourth-order valence-corrected chi connectivity index (χ4v) is 1.69. The molecule has 1 atom stereocenters. The molecule has 0 aromatic rings. The Labute approximate surface area is 96.6 Å². The molecule has 15 heavy (non-hydrogen) atoms. The van der Waals surface area contributed by atoms with Crippen molar-refractivity contribution in [1.29, 1.82) is 0 Å². The second-order valence-electron chi connectivity index (χ2n) is 3.54. The minimum absolute atomic E-state index is 0.377. The molecule has 0 heterocycles. The normalized spacial score (nSPS) is 14.7. The zero-order valence-electron chi connectivity index (χ0n) is 9.91. The molecule has 0 bridgehead atoms. The van der Waals surface area contributed by atoms with Crippen molar-refractivity contribution in [1.82, 2.24) is 0 Å². The molecule has 0 radical (unpaired) electrons. The lowest BCUT2D eigenvalue weighted by molar-refractivity contribution is -0.156. The second kappa shape index (κ2) is 7.99. The van der Waals surface area contributed by atoms with Crippen LogP contribution in [0.15, 0.2) is 0 Å². The van der Waals surface area contributed by atoms with Gasteiger partial charge >= 0.3 is 5.97 Å². The lowest BCUT2D eigenvalue weighted by Gasteiger charge is -2.21. The molecule has 3 nitrogen and oxygen atoms in total. The molecule has 4 heteroatoms. The highest BCUT2D eigenvalue weighted by Crippen LogP contribution is 2.24.